The fraction of sp³-hybridized carbons (Fsp3) is 0.364. The van der Waals surface area contributed by atoms with Crippen molar-refractivity contribution in [2.45, 2.75) is 32.4 Å². The number of hydrogen-bond acceptors (Lipinski definition) is 4. The molecule has 1 aliphatic heterocycles. The molecule has 1 aromatic carbocycles. The molecule has 1 fully saturated rings. The molecule has 0 saturated carbocycles. The molecule has 1 aliphatic rings. The van der Waals surface area contributed by atoms with Crippen molar-refractivity contribution in [2.24, 2.45) is 0 Å². The first-order valence-corrected chi connectivity index (χ1v) is 10.0. The molecule has 0 radical (unpaired) electrons. The van der Waals surface area contributed by atoms with E-state index >= 15 is 0 Å². The van der Waals surface area contributed by atoms with Crippen molar-refractivity contribution in [1.82, 2.24) is 24.3 Å². The molecule has 29 heavy (non-hydrogen) atoms. The van der Waals surface area contributed by atoms with E-state index in [1.54, 1.807) is 36.3 Å². The maximum atomic E-state index is 12.9. The van der Waals surface area contributed by atoms with Crippen LogP contribution in [0, 0.1) is 0 Å². The molecule has 7 nitrogen and oxygen atoms in total. The Labute approximate surface area is 170 Å². The number of likely N-dealkylation sites (tertiary alicyclic amines) is 1. The Kier molecular flexibility index (Phi) is 5.55. The Morgan fingerprint density at radius 3 is 2.55 bits per heavy atom. The number of piperidine rings is 1. The van der Waals surface area contributed by atoms with Gasteiger partial charge in [0.25, 0.3) is 5.91 Å². The lowest BCUT2D eigenvalue weighted by Crippen LogP contribution is -2.38. The quantitative estimate of drug-likeness (QED) is 0.670. The van der Waals surface area contributed by atoms with E-state index in [0.717, 1.165) is 37.0 Å². The zero-order valence-corrected chi connectivity index (χ0v) is 16.6. The van der Waals surface area contributed by atoms with Gasteiger partial charge in [-0.3, -0.25) is 14.6 Å². The summed E-state index contributed by atoms with van der Waals surface area (Å²) in [5.41, 5.74) is 2.13. The summed E-state index contributed by atoms with van der Waals surface area (Å²) in [4.78, 5) is 38.0. The van der Waals surface area contributed by atoms with E-state index in [1.165, 1.54) is 6.42 Å². The second-order valence-corrected chi connectivity index (χ2v) is 7.42. The first-order chi connectivity index (χ1) is 14.1. The first kappa shape index (κ1) is 19.1. The predicted molar refractivity (Wildman–Crippen MR) is 110 cm³/mol. The summed E-state index contributed by atoms with van der Waals surface area (Å²) in [6, 6.07) is 13.0. The topological polar surface area (TPSA) is 71.3 Å². The molecule has 3 heterocycles. The van der Waals surface area contributed by atoms with Crippen LogP contribution in [0.4, 0.5) is 0 Å². The minimum absolute atomic E-state index is 0.104. The fourth-order valence-electron chi connectivity index (χ4n) is 3.77. The van der Waals surface area contributed by atoms with Gasteiger partial charge in [-0.1, -0.05) is 18.2 Å². The predicted octanol–water partition coefficient (Wildman–Crippen LogP) is 2.72. The molecule has 0 atom stereocenters. The van der Waals surface area contributed by atoms with Crippen LogP contribution in [0.5, 0.6) is 0 Å². The highest BCUT2D eigenvalue weighted by atomic mass is 16.2. The molecule has 0 unspecified atom stereocenters. The fourth-order valence-corrected chi connectivity index (χ4v) is 3.77. The lowest BCUT2D eigenvalue weighted by atomic mass is 10.1. The monoisotopic (exact) mass is 391 g/mol. The van der Waals surface area contributed by atoms with Crippen molar-refractivity contribution in [2.75, 3.05) is 20.1 Å². The summed E-state index contributed by atoms with van der Waals surface area (Å²) in [6.07, 6.45) is 4.91. The third-order valence-corrected chi connectivity index (χ3v) is 5.35. The van der Waals surface area contributed by atoms with Crippen LogP contribution in [0.3, 0.4) is 0 Å². The van der Waals surface area contributed by atoms with Crippen LogP contribution in [0.25, 0.3) is 11.0 Å². The van der Waals surface area contributed by atoms with Gasteiger partial charge in [-0.05, 0) is 43.5 Å². The largest absolute Gasteiger partial charge is 0.341 e. The van der Waals surface area contributed by atoms with E-state index in [2.05, 4.69) is 4.98 Å². The molecule has 150 valence electrons. The molecule has 0 N–H and O–H groups in total. The van der Waals surface area contributed by atoms with Gasteiger partial charge in [0.15, 0.2) is 0 Å². The maximum Gasteiger partial charge on any atom is 0.272 e. The number of fused-ring (bicyclic) bond motifs is 1. The van der Waals surface area contributed by atoms with E-state index < -0.39 is 0 Å². The number of imidazole rings is 1. The van der Waals surface area contributed by atoms with E-state index in [4.69, 9.17) is 4.98 Å². The van der Waals surface area contributed by atoms with Crippen molar-refractivity contribution < 1.29 is 9.59 Å². The first-order valence-electron chi connectivity index (χ1n) is 10.0. The van der Waals surface area contributed by atoms with Crippen molar-refractivity contribution in [3.8, 4) is 0 Å². The normalized spacial score (nSPS) is 14.2. The Morgan fingerprint density at radius 2 is 1.79 bits per heavy atom. The van der Waals surface area contributed by atoms with Crippen molar-refractivity contribution in [1.29, 1.82) is 0 Å². The van der Waals surface area contributed by atoms with Crippen molar-refractivity contribution in [3.63, 3.8) is 0 Å². The third kappa shape index (κ3) is 4.13. The number of rotatable bonds is 5. The Morgan fingerprint density at radius 1 is 1.03 bits per heavy atom. The number of hydrogen-bond donors (Lipinski definition) is 0. The smallest absolute Gasteiger partial charge is 0.272 e. The van der Waals surface area contributed by atoms with Crippen LogP contribution >= 0.6 is 0 Å². The zero-order valence-electron chi connectivity index (χ0n) is 16.6. The number of pyridine rings is 1. The lowest BCUT2D eigenvalue weighted by Gasteiger charge is -2.27. The average molecular weight is 391 g/mol. The number of para-hydroxylation sites is 2. The highest BCUT2D eigenvalue weighted by Gasteiger charge is 2.22. The third-order valence-electron chi connectivity index (χ3n) is 5.35. The highest BCUT2D eigenvalue weighted by Crippen LogP contribution is 2.19. The molecule has 0 aliphatic carbocycles. The van der Waals surface area contributed by atoms with E-state index in [0.29, 0.717) is 18.1 Å². The van der Waals surface area contributed by atoms with E-state index in [9.17, 15) is 9.59 Å². The molecule has 3 aromatic rings. The minimum atomic E-state index is -0.174. The van der Waals surface area contributed by atoms with Gasteiger partial charge in [-0.2, -0.15) is 0 Å². The Bertz CT molecular complexity index is 1010. The van der Waals surface area contributed by atoms with Gasteiger partial charge < -0.3 is 14.4 Å². The molecule has 0 spiro atoms. The van der Waals surface area contributed by atoms with Crippen LogP contribution in [-0.2, 0) is 17.9 Å². The van der Waals surface area contributed by atoms with Crippen molar-refractivity contribution >= 4 is 22.8 Å². The lowest BCUT2D eigenvalue weighted by molar-refractivity contribution is -0.132. The number of carbonyl (C=O) groups excluding carboxylic acids is 2. The SMILES string of the molecule is CN(Cc1nc2ccccc2n1CC(=O)N1CCCCC1)C(=O)c1ccccn1. The number of nitrogens with zero attached hydrogens (tertiary/aromatic N) is 5. The van der Waals surface area contributed by atoms with E-state index in [1.807, 2.05) is 33.7 Å². The molecule has 2 aromatic heterocycles. The van der Waals surface area contributed by atoms with E-state index in [-0.39, 0.29) is 18.4 Å². The molecule has 1 saturated heterocycles. The van der Waals surface area contributed by atoms with Crippen molar-refractivity contribution in [3.05, 3.63) is 60.2 Å². The number of amides is 2. The molecule has 0 bridgehead atoms. The summed E-state index contributed by atoms with van der Waals surface area (Å²) in [6.45, 7) is 2.18. The number of benzene rings is 1. The Hall–Kier alpha value is -3.22. The maximum absolute atomic E-state index is 12.9. The van der Waals surface area contributed by atoms with Gasteiger partial charge in [0.2, 0.25) is 5.91 Å². The average Bonchev–Trinajstić information content (AvgIpc) is 3.11. The van der Waals surface area contributed by atoms with Crippen LogP contribution in [0.2, 0.25) is 0 Å². The van der Waals surface area contributed by atoms with Crippen LogP contribution in [0.1, 0.15) is 35.6 Å². The number of carbonyl (C=O) groups is 2. The van der Waals surface area contributed by atoms with Gasteiger partial charge in [0, 0.05) is 26.3 Å². The molecular formula is C22H25N5O2. The van der Waals surface area contributed by atoms with Gasteiger partial charge in [-0.25, -0.2) is 4.98 Å². The van der Waals surface area contributed by atoms with Gasteiger partial charge in [0.05, 0.1) is 17.6 Å². The summed E-state index contributed by atoms with van der Waals surface area (Å²) in [5.74, 6) is 0.628. The second-order valence-electron chi connectivity index (χ2n) is 7.42. The molecular weight excluding hydrogens is 366 g/mol. The zero-order chi connectivity index (χ0) is 20.2. The number of aromatic nitrogens is 3. The van der Waals surface area contributed by atoms with Crippen LogP contribution in [-0.4, -0.2) is 56.3 Å². The highest BCUT2D eigenvalue weighted by molar-refractivity contribution is 5.92. The second kappa shape index (κ2) is 8.43. The summed E-state index contributed by atoms with van der Waals surface area (Å²) < 4.78 is 1.94. The van der Waals surface area contributed by atoms with Gasteiger partial charge in [0.1, 0.15) is 18.1 Å². The molecule has 7 heteroatoms. The minimum Gasteiger partial charge on any atom is -0.341 e. The van der Waals surface area contributed by atoms with Gasteiger partial charge in [-0.15, -0.1) is 0 Å². The summed E-state index contributed by atoms with van der Waals surface area (Å²) >= 11 is 0. The van der Waals surface area contributed by atoms with Gasteiger partial charge >= 0.3 is 0 Å². The molecule has 4 rings (SSSR count). The molecule has 2 amide bonds. The summed E-state index contributed by atoms with van der Waals surface area (Å²) in [7, 11) is 1.73. The Balaban J connectivity index is 1.59. The standard InChI is InChI=1S/C22H25N5O2/c1-25(22(29)18-10-5-6-12-23-18)15-20-24-17-9-3-4-11-19(17)27(20)16-21(28)26-13-7-2-8-14-26/h3-6,9-12H,2,7-8,13-16H2,1H3. The van der Waals surface area contributed by atoms with Crippen LogP contribution < -0.4 is 0 Å². The van der Waals surface area contributed by atoms with Crippen LogP contribution in [0.15, 0.2) is 48.7 Å². The summed E-state index contributed by atoms with van der Waals surface area (Å²) in [5, 5.41) is 0.